The molecular formula is C19H32IN5O2. The molecule has 0 radical (unpaired) electrons. The highest BCUT2D eigenvalue weighted by Gasteiger charge is 2.09. The Morgan fingerprint density at radius 3 is 2.44 bits per heavy atom. The van der Waals surface area contributed by atoms with Gasteiger partial charge < -0.3 is 26.0 Å². The van der Waals surface area contributed by atoms with Crippen molar-refractivity contribution in [2.24, 2.45) is 10.7 Å². The van der Waals surface area contributed by atoms with E-state index in [-0.39, 0.29) is 30.6 Å². The molecule has 0 aromatic heterocycles. The molecule has 7 nitrogen and oxygen atoms in total. The quantitative estimate of drug-likeness (QED) is 0.277. The van der Waals surface area contributed by atoms with Crippen LogP contribution in [-0.4, -0.2) is 63.1 Å². The number of ether oxygens (including phenoxy) is 1. The van der Waals surface area contributed by atoms with Crippen LogP contribution in [0, 0.1) is 0 Å². The Labute approximate surface area is 179 Å². The number of nitrogens with two attached hydrogens (primary N) is 1. The van der Waals surface area contributed by atoms with E-state index in [1.54, 1.807) is 7.05 Å². The van der Waals surface area contributed by atoms with E-state index in [1.807, 2.05) is 24.3 Å². The molecule has 0 saturated carbocycles. The van der Waals surface area contributed by atoms with Gasteiger partial charge in [0.05, 0.1) is 0 Å². The number of likely N-dealkylation sites (tertiary alicyclic amines) is 1. The summed E-state index contributed by atoms with van der Waals surface area (Å²) in [5.41, 5.74) is 6.25. The van der Waals surface area contributed by atoms with Crippen LogP contribution in [0.5, 0.6) is 5.75 Å². The molecule has 0 bridgehead atoms. The standard InChI is InChI=1S/C19H31N5O2.HI/c1-21-19(23-11-14-24-12-3-2-4-13-24)22-10-9-16-5-7-17(8-6-16)26-15-18(20)25;/h5-8H,2-4,9-15H2,1H3,(H2,20,25)(H2,21,22,23);1H. The van der Waals surface area contributed by atoms with Crippen LogP contribution in [0.25, 0.3) is 0 Å². The molecule has 0 unspecified atom stereocenters. The fraction of sp³-hybridized carbons (Fsp3) is 0.579. The summed E-state index contributed by atoms with van der Waals surface area (Å²) in [5, 5.41) is 6.71. The van der Waals surface area contributed by atoms with Crippen LogP contribution >= 0.6 is 24.0 Å². The summed E-state index contributed by atoms with van der Waals surface area (Å²) in [4.78, 5) is 17.5. The van der Waals surface area contributed by atoms with Gasteiger partial charge in [-0.15, -0.1) is 24.0 Å². The predicted octanol–water partition coefficient (Wildman–Crippen LogP) is 1.36. The monoisotopic (exact) mass is 489 g/mol. The zero-order valence-electron chi connectivity index (χ0n) is 16.1. The lowest BCUT2D eigenvalue weighted by molar-refractivity contribution is -0.119. The van der Waals surface area contributed by atoms with Gasteiger partial charge in [-0.05, 0) is 50.0 Å². The van der Waals surface area contributed by atoms with E-state index in [2.05, 4.69) is 20.5 Å². The Kier molecular flexibility index (Phi) is 11.8. The minimum absolute atomic E-state index is 0. The van der Waals surface area contributed by atoms with E-state index in [0.717, 1.165) is 32.0 Å². The molecule has 1 amide bonds. The molecule has 0 atom stereocenters. The van der Waals surface area contributed by atoms with E-state index in [0.29, 0.717) is 5.75 Å². The van der Waals surface area contributed by atoms with Crippen molar-refractivity contribution >= 4 is 35.8 Å². The van der Waals surface area contributed by atoms with Crippen LogP contribution in [0.1, 0.15) is 24.8 Å². The minimum Gasteiger partial charge on any atom is -0.484 e. The number of aliphatic imine (C=N–C) groups is 1. The summed E-state index contributed by atoms with van der Waals surface area (Å²) in [6.45, 7) is 5.10. The van der Waals surface area contributed by atoms with Crippen LogP contribution < -0.4 is 21.1 Å². The van der Waals surface area contributed by atoms with Crippen molar-refractivity contribution in [3.05, 3.63) is 29.8 Å². The lowest BCUT2D eigenvalue weighted by Gasteiger charge is -2.26. The van der Waals surface area contributed by atoms with Crippen molar-refractivity contribution in [1.82, 2.24) is 15.5 Å². The Bertz CT molecular complexity index is 574. The topological polar surface area (TPSA) is 92.0 Å². The summed E-state index contributed by atoms with van der Waals surface area (Å²) < 4.78 is 5.25. The largest absolute Gasteiger partial charge is 0.484 e. The van der Waals surface area contributed by atoms with Crippen molar-refractivity contribution in [1.29, 1.82) is 0 Å². The zero-order chi connectivity index (χ0) is 18.6. The first-order valence-corrected chi connectivity index (χ1v) is 9.34. The van der Waals surface area contributed by atoms with Gasteiger partial charge in [-0.25, -0.2) is 0 Å². The first kappa shape index (κ1) is 23.5. The first-order valence-electron chi connectivity index (χ1n) is 9.34. The van der Waals surface area contributed by atoms with Crippen LogP contribution in [0.4, 0.5) is 0 Å². The molecule has 1 aliphatic heterocycles. The first-order chi connectivity index (χ1) is 12.7. The summed E-state index contributed by atoms with van der Waals surface area (Å²) in [6.07, 6.45) is 4.88. The molecular weight excluding hydrogens is 457 g/mol. The molecule has 4 N–H and O–H groups in total. The van der Waals surface area contributed by atoms with Gasteiger partial charge in [0.1, 0.15) is 5.75 Å². The second kappa shape index (κ2) is 13.6. The van der Waals surface area contributed by atoms with Gasteiger partial charge in [0, 0.05) is 26.7 Å². The van der Waals surface area contributed by atoms with E-state index >= 15 is 0 Å². The number of nitrogens with one attached hydrogen (secondary N) is 2. The number of piperidine rings is 1. The maximum atomic E-state index is 10.7. The smallest absolute Gasteiger partial charge is 0.255 e. The third kappa shape index (κ3) is 9.81. The fourth-order valence-corrected chi connectivity index (χ4v) is 2.97. The number of benzene rings is 1. The predicted molar refractivity (Wildman–Crippen MR) is 120 cm³/mol. The number of nitrogens with zero attached hydrogens (tertiary/aromatic N) is 2. The molecule has 27 heavy (non-hydrogen) atoms. The Morgan fingerprint density at radius 2 is 1.81 bits per heavy atom. The lowest BCUT2D eigenvalue weighted by atomic mass is 10.1. The highest BCUT2D eigenvalue weighted by Crippen LogP contribution is 2.12. The second-order valence-corrected chi connectivity index (χ2v) is 6.48. The summed E-state index contributed by atoms with van der Waals surface area (Å²) in [7, 11) is 1.79. The average Bonchev–Trinajstić information content (AvgIpc) is 2.67. The van der Waals surface area contributed by atoms with Gasteiger partial charge in [0.15, 0.2) is 12.6 Å². The Morgan fingerprint density at radius 1 is 1.15 bits per heavy atom. The average molecular weight is 489 g/mol. The van der Waals surface area contributed by atoms with Crippen molar-refractivity contribution < 1.29 is 9.53 Å². The SMILES string of the molecule is CN=C(NCCc1ccc(OCC(N)=O)cc1)NCCN1CCCCC1.I. The number of carbonyl (C=O) groups is 1. The molecule has 0 spiro atoms. The Balaban J connectivity index is 0.00000364. The summed E-state index contributed by atoms with van der Waals surface area (Å²) in [5.74, 6) is 1.01. The number of guanidine groups is 1. The summed E-state index contributed by atoms with van der Waals surface area (Å²) >= 11 is 0. The molecule has 152 valence electrons. The summed E-state index contributed by atoms with van der Waals surface area (Å²) in [6, 6.07) is 7.68. The highest BCUT2D eigenvalue weighted by molar-refractivity contribution is 14.0. The number of hydrogen-bond donors (Lipinski definition) is 3. The third-order valence-corrected chi connectivity index (χ3v) is 4.40. The van der Waals surface area contributed by atoms with Gasteiger partial charge in [-0.2, -0.15) is 0 Å². The van der Waals surface area contributed by atoms with E-state index in [4.69, 9.17) is 10.5 Å². The third-order valence-electron chi connectivity index (χ3n) is 4.40. The van der Waals surface area contributed by atoms with Crippen molar-refractivity contribution in [3.8, 4) is 5.75 Å². The number of halogens is 1. The van der Waals surface area contributed by atoms with Crippen molar-refractivity contribution in [2.75, 3.05) is 46.4 Å². The highest BCUT2D eigenvalue weighted by atomic mass is 127. The van der Waals surface area contributed by atoms with Gasteiger partial charge >= 0.3 is 0 Å². The number of amides is 1. The van der Waals surface area contributed by atoms with Crippen LogP contribution in [0.3, 0.4) is 0 Å². The van der Waals surface area contributed by atoms with Gasteiger partial charge in [-0.3, -0.25) is 9.79 Å². The number of primary amides is 1. The van der Waals surface area contributed by atoms with Crippen LogP contribution in [0.2, 0.25) is 0 Å². The number of carbonyl (C=O) groups excluding carboxylic acids is 1. The molecule has 0 aliphatic carbocycles. The van der Waals surface area contributed by atoms with Crippen molar-refractivity contribution in [3.63, 3.8) is 0 Å². The second-order valence-electron chi connectivity index (χ2n) is 6.48. The number of rotatable bonds is 9. The van der Waals surface area contributed by atoms with Gasteiger partial charge in [0.2, 0.25) is 0 Å². The van der Waals surface area contributed by atoms with Crippen LogP contribution in [-0.2, 0) is 11.2 Å². The molecule has 1 aromatic carbocycles. The molecule has 1 saturated heterocycles. The minimum atomic E-state index is -0.475. The van der Waals surface area contributed by atoms with E-state index in [1.165, 1.54) is 37.9 Å². The van der Waals surface area contributed by atoms with Gasteiger partial charge in [-0.1, -0.05) is 18.6 Å². The molecule has 1 heterocycles. The lowest BCUT2D eigenvalue weighted by Crippen LogP contribution is -2.43. The Hall–Kier alpha value is -1.55. The van der Waals surface area contributed by atoms with E-state index in [9.17, 15) is 4.79 Å². The van der Waals surface area contributed by atoms with Gasteiger partial charge in [0.25, 0.3) is 5.91 Å². The van der Waals surface area contributed by atoms with Crippen LogP contribution in [0.15, 0.2) is 29.3 Å². The molecule has 1 fully saturated rings. The molecule has 1 aromatic rings. The maximum Gasteiger partial charge on any atom is 0.255 e. The fourth-order valence-electron chi connectivity index (χ4n) is 2.97. The zero-order valence-corrected chi connectivity index (χ0v) is 18.4. The number of hydrogen-bond acceptors (Lipinski definition) is 4. The van der Waals surface area contributed by atoms with Crippen molar-refractivity contribution in [2.45, 2.75) is 25.7 Å². The van der Waals surface area contributed by atoms with E-state index < -0.39 is 5.91 Å². The molecule has 2 rings (SSSR count). The maximum absolute atomic E-state index is 10.7. The normalized spacial score (nSPS) is 14.9. The molecule has 8 heteroatoms. The molecule has 1 aliphatic rings.